The number of halogens is 1. The highest BCUT2D eigenvalue weighted by Gasteiger charge is 2.39. The van der Waals surface area contributed by atoms with Crippen molar-refractivity contribution in [2.75, 3.05) is 0 Å². The number of phenolic OH excluding ortho intramolecular Hbond substituents is 1. The number of hydrogen-bond donors (Lipinski definition) is 3. The number of aromatic hydroxyl groups is 1. The van der Waals surface area contributed by atoms with E-state index in [4.69, 9.17) is 21.0 Å². The van der Waals surface area contributed by atoms with E-state index < -0.39 is 6.04 Å². The normalized spacial score (nSPS) is 23.1. The van der Waals surface area contributed by atoms with E-state index in [0.29, 0.717) is 17.7 Å². The van der Waals surface area contributed by atoms with Gasteiger partial charge in [-0.2, -0.15) is 0 Å². The Kier molecular flexibility index (Phi) is 4.74. The third-order valence-corrected chi connectivity index (χ3v) is 6.47. The molecule has 1 aromatic carbocycles. The summed E-state index contributed by atoms with van der Waals surface area (Å²) in [6, 6.07) is 4.32. The predicted octanol–water partition coefficient (Wildman–Crippen LogP) is 5.26. The van der Waals surface area contributed by atoms with Crippen molar-refractivity contribution in [3.05, 3.63) is 52.3 Å². The van der Waals surface area contributed by atoms with E-state index >= 15 is 0 Å². The third kappa shape index (κ3) is 3.62. The molecule has 3 aliphatic rings. The lowest BCUT2D eigenvalue weighted by Crippen LogP contribution is -2.44. The molecule has 3 N–H and O–H groups in total. The largest absolute Gasteiger partial charge is 0.506 e. The highest BCUT2D eigenvalue weighted by molar-refractivity contribution is 6.32. The predicted molar refractivity (Wildman–Crippen MR) is 109 cm³/mol. The van der Waals surface area contributed by atoms with Crippen LogP contribution in [0.3, 0.4) is 0 Å². The molecule has 1 atom stereocenters. The van der Waals surface area contributed by atoms with Gasteiger partial charge in [0, 0.05) is 11.6 Å². The maximum atomic E-state index is 12.4. The standard InChI is InChI=1S/C22H24ClN3O3/c23-15-10-14(8-9-17(15)27)20-18(19(13-6-7-13)25-22(28)26-20)21-24-16(11-29-21)12-4-2-1-3-5-12/h8-13,20,27H,1-7H2,(H2,25,26,28). The van der Waals surface area contributed by atoms with E-state index in [1.165, 1.54) is 19.3 Å². The molecule has 7 heteroatoms. The van der Waals surface area contributed by atoms with Crippen molar-refractivity contribution < 1.29 is 14.3 Å². The minimum Gasteiger partial charge on any atom is -0.506 e. The van der Waals surface area contributed by atoms with Crippen LogP contribution in [0.4, 0.5) is 4.79 Å². The van der Waals surface area contributed by atoms with Gasteiger partial charge in [-0.1, -0.05) is 36.9 Å². The Morgan fingerprint density at radius 2 is 1.90 bits per heavy atom. The highest BCUT2D eigenvalue weighted by Crippen LogP contribution is 2.45. The number of oxazole rings is 1. The summed E-state index contributed by atoms with van der Waals surface area (Å²) in [6.45, 7) is 0. The van der Waals surface area contributed by atoms with Gasteiger partial charge in [-0.15, -0.1) is 0 Å². The molecule has 0 radical (unpaired) electrons. The third-order valence-electron chi connectivity index (χ3n) is 6.17. The van der Waals surface area contributed by atoms with Gasteiger partial charge in [0.1, 0.15) is 12.0 Å². The lowest BCUT2D eigenvalue weighted by Gasteiger charge is -2.29. The molecule has 29 heavy (non-hydrogen) atoms. The lowest BCUT2D eigenvalue weighted by molar-refractivity contribution is 0.239. The number of carbonyl (C=O) groups is 1. The van der Waals surface area contributed by atoms with Crippen LogP contribution in [0.15, 0.2) is 34.6 Å². The molecule has 152 valence electrons. The summed E-state index contributed by atoms with van der Waals surface area (Å²) in [5.41, 5.74) is 3.53. The zero-order valence-electron chi connectivity index (χ0n) is 16.1. The number of amides is 2. The molecule has 2 saturated carbocycles. The first-order valence-corrected chi connectivity index (χ1v) is 10.7. The summed E-state index contributed by atoms with van der Waals surface area (Å²) in [4.78, 5) is 17.2. The topological polar surface area (TPSA) is 87.4 Å². The van der Waals surface area contributed by atoms with E-state index in [1.54, 1.807) is 24.5 Å². The molecule has 2 aromatic rings. The Balaban J connectivity index is 1.57. The van der Waals surface area contributed by atoms with Gasteiger partial charge in [0.25, 0.3) is 0 Å². The van der Waals surface area contributed by atoms with Crippen LogP contribution in [0.25, 0.3) is 5.57 Å². The number of rotatable bonds is 4. The van der Waals surface area contributed by atoms with Crippen molar-refractivity contribution in [3.63, 3.8) is 0 Å². The highest BCUT2D eigenvalue weighted by atomic mass is 35.5. The van der Waals surface area contributed by atoms with E-state index in [-0.39, 0.29) is 16.8 Å². The van der Waals surface area contributed by atoms with Gasteiger partial charge in [-0.05, 0) is 49.3 Å². The molecule has 0 saturated heterocycles. The van der Waals surface area contributed by atoms with Crippen LogP contribution in [0.5, 0.6) is 5.75 Å². The monoisotopic (exact) mass is 413 g/mol. The van der Waals surface area contributed by atoms with Crippen LogP contribution < -0.4 is 10.6 Å². The second-order valence-corrected chi connectivity index (χ2v) is 8.66. The average molecular weight is 414 g/mol. The molecule has 2 heterocycles. The zero-order valence-corrected chi connectivity index (χ0v) is 16.8. The van der Waals surface area contributed by atoms with E-state index in [1.807, 2.05) is 0 Å². The van der Waals surface area contributed by atoms with Crippen LogP contribution in [0.1, 0.15) is 74.1 Å². The van der Waals surface area contributed by atoms with E-state index in [2.05, 4.69) is 10.6 Å². The van der Waals surface area contributed by atoms with E-state index in [0.717, 1.165) is 48.2 Å². The van der Waals surface area contributed by atoms with Gasteiger partial charge in [-0.3, -0.25) is 0 Å². The Labute approximate surface area is 174 Å². The molecule has 2 aliphatic carbocycles. The number of carbonyl (C=O) groups excluding carboxylic acids is 1. The van der Waals surface area contributed by atoms with Crippen molar-refractivity contribution in [3.8, 4) is 5.75 Å². The summed E-state index contributed by atoms with van der Waals surface area (Å²) >= 11 is 6.15. The second-order valence-electron chi connectivity index (χ2n) is 8.26. The zero-order chi connectivity index (χ0) is 20.0. The van der Waals surface area contributed by atoms with Crippen LogP contribution in [0.2, 0.25) is 5.02 Å². The molecule has 5 rings (SSSR count). The van der Waals surface area contributed by atoms with Crippen molar-refractivity contribution in [2.24, 2.45) is 5.92 Å². The van der Waals surface area contributed by atoms with Gasteiger partial charge >= 0.3 is 6.03 Å². The van der Waals surface area contributed by atoms with Gasteiger partial charge in [0.05, 0.1) is 22.3 Å². The average Bonchev–Trinajstić information content (AvgIpc) is 3.47. The first kappa shape index (κ1) is 18.6. The van der Waals surface area contributed by atoms with Gasteiger partial charge < -0.3 is 20.2 Å². The fourth-order valence-corrected chi connectivity index (χ4v) is 4.65. The van der Waals surface area contributed by atoms with Crippen LogP contribution >= 0.6 is 11.6 Å². The van der Waals surface area contributed by atoms with Crippen LogP contribution in [-0.2, 0) is 0 Å². The maximum absolute atomic E-state index is 12.4. The molecule has 2 amide bonds. The fourth-order valence-electron chi connectivity index (χ4n) is 4.47. The quantitative estimate of drug-likeness (QED) is 0.638. The molecule has 2 fully saturated rings. The summed E-state index contributed by atoms with van der Waals surface area (Å²) in [5, 5.41) is 16.0. The molecular weight excluding hydrogens is 390 g/mol. The van der Waals surface area contributed by atoms with Crippen molar-refractivity contribution in [1.82, 2.24) is 15.6 Å². The lowest BCUT2D eigenvalue weighted by atomic mass is 9.87. The summed E-state index contributed by atoms with van der Waals surface area (Å²) in [6.07, 6.45) is 9.90. The molecular formula is C22H24ClN3O3. The SMILES string of the molecule is O=C1NC(C2CC2)=C(c2nc(C3CCCCC3)co2)C(c2ccc(O)c(Cl)c2)N1. The van der Waals surface area contributed by atoms with Crippen LogP contribution in [0, 0.1) is 5.92 Å². The molecule has 1 aromatic heterocycles. The number of nitrogens with one attached hydrogen (secondary N) is 2. The molecule has 0 spiro atoms. The first-order valence-electron chi connectivity index (χ1n) is 10.4. The first-order chi connectivity index (χ1) is 14.1. The van der Waals surface area contributed by atoms with Gasteiger partial charge in [-0.25, -0.2) is 9.78 Å². The molecule has 1 aliphatic heterocycles. The van der Waals surface area contributed by atoms with Gasteiger partial charge in [0.15, 0.2) is 0 Å². The number of urea groups is 1. The van der Waals surface area contributed by atoms with Gasteiger partial charge in [0.2, 0.25) is 5.89 Å². The minimum absolute atomic E-state index is 0.0133. The summed E-state index contributed by atoms with van der Waals surface area (Å²) < 4.78 is 5.96. The Bertz CT molecular complexity index is 973. The fraction of sp³-hybridized carbons (Fsp3) is 0.455. The van der Waals surface area contributed by atoms with Crippen molar-refractivity contribution in [1.29, 1.82) is 0 Å². The Morgan fingerprint density at radius 1 is 1.10 bits per heavy atom. The number of nitrogens with zero attached hydrogens (tertiary/aromatic N) is 1. The van der Waals surface area contributed by atoms with E-state index in [9.17, 15) is 9.90 Å². The molecule has 1 unspecified atom stereocenters. The smallest absolute Gasteiger partial charge is 0.319 e. The summed E-state index contributed by atoms with van der Waals surface area (Å²) in [7, 11) is 0. The molecule has 6 nitrogen and oxygen atoms in total. The van der Waals surface area contributed by atoms with Crippen LogP contribution in [-0.4, -0.2) is 16.1 Å². The Morgan fingerprint density at radius 3 is 2.62 bits per heavy atom. The number of allylic oxidation sites excluding steroid dienone is 1. The second kappa shape index (κ2) is 7.41. The number of benzene rings is 1. The maximum Gasteiger partial charge on any atom is 0.319 e. The minimum atomic E-state index is -0.435. The van der Waals surface area contributed by atoms with Crippen molar-refractivity contribution in [2.45, 2.75) is 56.9 Å². The number of aromatic nitrogens is 1. The summed E-state index contributed by atoms with van der Waals surface area (Å²) in [5.74, 6) is 1.32. The Hall–Kier alpha value is -2.47. The number of phenols is 1. The molecule has 0 bridgehead atoms. The number of hydrogen-bond acceptors (Lipinski definition) is 4. The van der Waals surface area contributed by atoms with Crippen molar-refractivity contribution >= 4 is 23.2 Å².